The molecule has 106 valence electrons. The van der Waals surface area contributed by atoms with E-state index in [1.165, 1.54) is 19.9 Å². The Bertz CT molecular complexity index is 491. The molecule has 0 aliphatic carbocycles. The second-order valence-electron chi connectivity index (χ2n) is 3.92. The van der Waals surface area contributed by atoms with Crippen LogP contribution in [0, 0.1) is 13.8 Å². The molecule has 0 aliphatic heterocycles. The average Bonchev–Trinajstić information content (AvgIpc) is 2.24. The predicted octanol–water partition coefficient (Wildman–Crippen LogP) is 2.68. The number of aromatic carboxylic acids is 1. The number of halogens is 4. The SMILES string of the molecule is Cc1cc(C)c(C(=O)O)c(OCC(F)(F)C(F)F)n1. The molecule has 0 radical (unpaired) electrons. The maximum absolute atomic E-state index is 12.7. The zero-order chi connectivity index (χ0) is 14.8. The third-order valence-electron chi connectivity index (χ3n) is 2.25. The Kier molecular flexibility index (Phi) is 4.33. The lowest BCUT2D eigenvalue weighted by molar-refractivity contribution is -0.148. The smallest absolute Gasteiger partial charge is 0.341 e. The molecule has 0 unspecified atom stereocenters. The first-order valence-corrected chi connectivity index (χ1v) is 5.15. The van der Waals surface area contributed by atoms with Crippen LogP contribution in [0.2, 0.25) is 0 Å². The number of nitrogens with zero attached hydrogens (tertiary/aromatic N) is 1. The molecule has 0 fully saturated rings. The van der Waals surface area contributed by atoms with Gasteiger partial charge in [0.05, 0.1) is 0 Å². The Morgan fingerprint density at radius 2 is 2.05 bits per heavy atom. The van der Waals surface area contributed by atoms with Gasteiger partial charge in [0.15, 0.2) is 6.61 Å². The predicted molar refractivity (Wildman–Crippen MR) is 57.1 cm³/mol. The summed E-state index contributed by atoms with van der Waals surface area (Å²) in [6.45, 7) is 1.29. The third-order valence-corrected chi connectivity index (χ3v) is 2.25. The summed E-state index contributed by atoms with van der Waals surface area (Å²) in [5.74, 6) is -6.39. The Balaban J connectivity index is 3.04. The summed E-state index contributed by atoms with van der Waals surface area (Å²) in [5.41, 5.74) is 0.156. The molecule has 0 amide bonds. The van der Waals surface area contributed by atoms with Crippen LogP contribution in [0.5, 0.6) is 5.88 Å². The van der Waals surface area contributed by atoms with Crippen molar-refractivity contribution in [1.82, 2.24) is 4.98 Å². The highest BCUT2D eigenvalue weighted by molar-refractivity contribution is 5.91. The Morgan fingerprint density at radius 3 is 2.53 bits per heavy atom. The van der Waals surface area contributed by atoms with Crippen LogP contribution >= 0.6 is 0 Å². The van der Waals surface area contributed by atoms with E-state index in [0.717, 1.165) is 0 Å². The number of carbonyl (C=O) groups is 1. The van der Waals surface area contributed by atoms with Crippen LogP contribution in [0.25, 0.3) is 0 Å². The van der Waals surface area contributed by atoms with Crippen molar-refractivity contribution in [3.05, 3.63) is 22.9 Å². The minimum atomic E-state index is -4.37. The first-order chi connectivity index (χ1) is 8.65. The second kappa shape index (κ2) is 5.41. The molecule has 4 nitrogen and oxygen atoms in total. The van der Waals surface area contributed by atoms with Crippen molar-refractivity contribution in [3.63, 3.8) is 0 Å². The molecule has 0 saturated heterocycles. The first kappa shape index (κ1) is 15.2. The number of aromatic nitrogens is 1. The summed E-state index contributed by atoms with van der Waals surface area (Å²) >= 11 is 0. The standard InChI is InChI=1S/C11H11F4NO3/c1-5-3-6(2)16-8(7(5)9(17)18)19-4-11(14,15)10(12)13/h3,10H,4H2,1-2H3,(H,17,18). The van der Waals surface area contributed by atoms with Gasteiger partial charge in [0.2, 0.25) is 5.88 Å². The highest BCUT2D eigenvalue weighted by atomic mass is 19.3. The number of aryl methyl sites for hydroxylation is 2. The summed E-state index contributed by atoms with van der Waals surface area (Å²) in [6.07, 6.45) is -3.90. The van der Waals surface area contributed by atoms with Crippen LogP contribution in [-0.4, -0.2) is 35.0 Å². The molecule has 0 aromatic carbocycles. The van der Waals surface area contributed by atoms with Crippen molar-refractivity contribution in [2.45, 2.75) is 26.2 Å². The van der Waals surface area contributed by atoms with Gasteiger partial charge in [-0.1, -0.05) is 0 Å². The van der Waals surface area contributed by atoms with E-state index >= 15 is 0 Å². The monoisotopic (exact) mass is 281 g/mol. The molecule has 1 aromatic rings. The number of rotatable bonds is 5. The number of hydrogen-bond acceptors (Lipinski definition) is 3. The number of pyridine rings is 1. The van der Waals surface area contributed by atoms with Crippen molar-refractivity contribution in [1.29, 1.82) is 0 Å². The van der Waals surface area contributed by atoms with Gasteiger partial charge in [-0.15, -0.1) is 0 Å². The fourth-order valence-corrected chi connectivity index (χ4v) is 1.39. The van der Waals surface area contributed by atoms with E-state index in [4.69, 9.17) is 5.11 Å². The summed E-state index contributed by atoms with van der Waals surface area (Å²) in [7, 11) is 0. The molecular weight excluding hydrogens is 270 g/mol. The van der Waals surface area contributed by atoms with E-state index in [-0.39, 0.29) is 5.56 Å². The van der Waals surface area contributed by atoms with Crippen LogP contribution in [-0.2, 0) is 0 Å². The van der Waals surface area contributed by atoms with E-state index in [9.17, 15) is 22.4 Å². The minimum Gasteiger partial charge on any atom is -0.477 e. The number of carboxylic acid groups (broad SMARTS) is 1. The van der Waals surface area contributed by atoms with Gasteiger partial charge in [0, 0.05) is 5.69 Å². The second-order valence-corrected chi connectivity index (χ2v) is 3.92. The third kappa shape index (κ3) is 3.55. The van der Waals surface area contributed by atoms with Gasteiger partial charge in [0.25, 0.3) is 0 Å². The van der Waals surface area contributed by atoms with Crippen LogP contribution < -0.4 is 4.74 Å². The van der Waals surface area contributed by atoms with Gasteiger partial charge in [0.1, 0.15) is 5.56 Å². The number of carboxylic acids is 1. The van der Waals surface area contributed by atoms with Crippen LogP contribution in [0.1, 0.15) is 21.6 Å². The molecular formula is C11H11F4NO3. The van der Waals surface area contributed by atoms with E-state index in [2.05, 4.69) is 9.72 Å². The fourth-order valence-electron chi connectivity index (χ4n) is 1.39. The van der Waals surface area contributed by atoms with Crippen molar-refractivity contribution in [2.75, 3.05) is 6.61 Å². The maximum atomic E-state index is 12.7. The summed E-state index contributed by atoms with van der Waals surface area (Å²) < 4.78 is 53.8. The maximum Gasteiger partial charge on any atom is 0.341 e. The van der Waals surface area contributed by atoms with Gasteiger partial charge in [-0.2, -0.15) is 8.78 Å². The zero-order valence-electron chi connectivity index (χ0n) is 10.1. The summed E-state index contributed by atoms with van der Waals surface area (Å²) in [4.78, 5) is 14.6. The van der Waals surface area contributed by atoms with E-state index < -0.39 is 36.4 Å². The van der Waals surface area contributed by atoms with Gasteiger partial charge in [-0.25, -0.2) is 18.6 Å². The molecule has 1 N–H and O–H groups in total. The van der Waals surface area contributed by atoms with Crippen molar-refractivity contribution >= 4 is 5.97 Å². The molecule has 1 heterocycles. The van der Waals surface area contributed by atoms with Crippen LogP contribution in [0.15, 0.2) is 6.07 Å². The molecule has 1 rings (SSSR count). The molecule has 19 heavy (non-hydrogen) atoms. The van der Waals surface area contributed by atoms with E-state index in [1.807, 2.05) is 0 Å². The lowest BCUT2D eigenvalue weighted by Crippen LogP contribution is -2.34. The van der Waals surface area contributed by atoms with Gasteiger partial charge >= 0.3 is 18.3 Å². The highest BCUT2D eigenvalue weighted by Crippen LogP contribution is 2.26. The lowest BCUT2D eigenvalue weighted by atomic mass is 10.1. The van der Waals surface area contributed by atoms with E-state index in [1.54, 1.807) is 0 Å². The zero-order valence-corrected chi connectivity index (χ0v) is 10.1. The van der Waals surface area contributed by atoms with Gasteiger partial charge < -0.3 is 9.84 Å². The van der Waals surface area contributed by atoms with Gasteiger partial charge in [-0.3, -0.25) is 0 Å². The Hall–Kier alpha value is -1.86. The number of hydrogen-bond donors (Lipinski definition) is 1. The Labute approximate surface area is 106 Å². The fraction of sp³-hybridized carbons (Fsp3) is 0.455. The van der Waals surface area contributed by atoms with E-state index in [0.29, 0.717) is 5.69 Å². The molecule has 0 saturated carbocycles. The normalized spacial score (nSPS) is 11.7. The molecule has 8 heteroatoms. The summed E-state index contributed by atoms with van der Waals surface area (Å²) in [6, 6.07) is 1.42. The van der Waals surface area contributed by atoms with Crippen molar-refractivity contribution < 1.29 is 32.2 Å². The quantitative estimate of drug-likeness (QED) is 0.843. The largest absolute Gasteiger partial charge is 0.477 e. The average molecular weight is 281 g/mol. The van der Waals surface area contributed by atoms with Crippen molar-refractivity contribution in [2.24, 2.45) is 0 Å². The van der Waals surface area contributed by atoms with Crippen molar-refractivity contribution in [3.8, 4) is 5.88 Å². The molecule has 0 atom stereocenters. The topological polar surface area (TPSA) is 59.4 Å². The highest BCUT2D eigenvalue weighted by Gasteiger charge is 2.42. The molecule has 0 bridgehead atoms. The molecule has 0 aliphatic rings. The summed E-state index contributed by atoms with van der Waals surface area (Å²) in [5, 5.41) is 8.92. The van der Waals surface area contributed by atoms with Gasteiger partial charge in [-0.05, 0) is 25.5 Å². The minimum absolute atomic E-state index is 0.246. The Morgan fingerprint density at radius 1 is 1.47 bits per heavy atom. The molecule has 1 aromatic heterocycles. The number of ether oxygens (including phenoxy) is 1. The molecule has 0 spiro atoms. The number of alkyl halides is 4. The first-order valence-electron chi connectivity index (χ1n) is 5.15. The van der Waals surface area contributed by atoms with Crippen LogP contribution in [0.3, 0.4) is 0 Å². The lowest BCUT2D eigenvalue weighted by Gasteiger charge is -2.17. The van der Waals surface area contributed by atoms with Crippen LogP contribution in [0.4, 0.5) is 17.6 Å².